The van der Waals surface area contributed by atoms with Crippen molar-refractivity contribution < 1.29 is 4.39 Å². The number of aromatic nitrogens is 7. The van der Waals surface area contributed by atoms with Crippen molar-refractivity contribution in [2.24, 2.45) is 0 Å². The van der Waals surface area contributed by atoms with Gasteiger partial charge in [-0.25, -0.2) is 14.4 Å². The Morgan fingerprint density at radius 2 is 1.55 bits per heavy atom. The zero-order valence-electron chi connectivity index (χ0n) is 21.3. The maximum atomic E-state index is 14.6. The molecule has 8 nitrogen and oxygen atoms in total. The van der Waals surface area contributed by atoms with Crippen LogP contribution in [0, 0.1) is 5.82 Å². The number of nitrogens with zero attached hydrogens (tertiary/aromatic N) is 5. The number of H-pyrrole nitrogens is 2. The molecule has 9 heteroatoms. The van der Waals surface area contributed by atoms with Crippen LogP contribution in [0.5, 0.6) is 0 Å². The summed E-state index contributed by atoms with van der Waals surface area (Å²) in [4.78, 5) is 21.5. The molecule has 0 unspecified atom stereocenters. The Balaban J connectivity index is 1.21. The monoisotopic (exact) mass is 526 g/mol. The third kappa shape index (κ3) is 4.48. The molecule has 0 spiro atoms. The van der Waals surface area contributed by atoms with E-state index in [-0.39, 0.29) is 5.82 Å². The van der Waals surface area contributed by atoms with Crippen LogP contribution in [0.1, 0.15) is 11.1 Å². The van der Waals surface area contributed by atoms with Gasteiger partial charge in [0.2, 0.25) is 0 Å². The van der Waals surface area contributed by atoms with E-state index in [0.717, 1.165) is 28.6 Å². The minimum Gasteiger partial charge on any atom is -0.335 e. The fourth-order valence-electron chi connectivity index (χ4n) is 4.85. The summed E-state index contributed by atoms with van der Waals surface area (Å²) < 4.78 is 14.6. The molecule has 3 N–H and O–H groups in total. The van der Waals surface area contributed by atoms with Crippen molar-refractivity contribution in [2.75, 3.05) is 0 Å². The van der Waals surface area contributed by atoms with Gasteiger partial charge in [-0.05, 0) is 29.3 Å². The van der Waals surface area contributed by atoms with Crippen LogP contribution >= 0.6 is 0 Å². The number of nitrogens with one attached hydrogen (secondary N) is 3. The van der Waals surface area contributed by atoms with E-state index in [1.54, 1.807) is 36.8 Å². The smallest absolute Gasteiger partial charge is 0.159 e. The lowest BCUT2D eigenvalue weighted by Crippen LogP contribution is -2.12. The van der Waals surface area contributed by atoms with Gasteiger partial charge in [0.05, 0.1) is 17.1 Å². The summed E-state index contributed by atoms with van der Waals surface area (Å²) in [6, 6.07) is 21.0. The van der Waals surface area contributed by atoms with E-state index in [2.05, 4.69) is 53.6 Å². The van der Waals surface area contributed by atoms with Gasteiger partial charge in [0.25, 0.3) is 0 Å². The highest BCUT2D eigenvalue weighted by atomic mass is 19.1. The van der Waals surface area contributed by atoms with Crippen molar-refractivity contribution >= 4 is 22.1 Å². The first kappa shape index (κ1) is 23.8. The van der Waals surface area contributed by atoms with E-state index in [4.69, 9.17) is 4.98 Å². The lowest BCUT2D eigenvalue weighted by Gasteiger charge is -2.07. The lowest BCUT2D eigenvalue weighted by molar-refractivity contribution is 0.631. The zero-order chi connectivity index (χ0) is 26.9. The highest BCUT2D eigenvalue weighted by Crippen LogP contribution is 2.32. The van der Waals surface area contributed by atoms with Crippen molar-refractivity contribution in [2.45, 2.75) is 13.1 Å². The molecule has 7 rings (SSSR count). The molecule has 194 valence electrons. The first-order chi connectivity index (χ1) is 19.7. The van der Waals surface area contributed by atoms with E-state index in [9.17, 15) is 4.39 Å². The van der Waals surface area contributed by atoms with E-state index < -0.39 is 0 Å². The van der Waals surface area contributed by atoms with Crippen molar-refractivity contribution in [3.05, 3.63) is 115 Å². The fourth-order valence-corrected chi connectivity index (χ4v) is 4.85. The quantitative estimate of drug-likeness (QED) is 0.233. The number of hydrogen-bond acceptors (Lipinski definition) is 6. The summed E-state index contributed by atoms with van der Waals surface area (Å²) in [6.07, 6.45) is 8.81. The number of benzene rings is 2. The van der Waals surface area contributed by atoms with E-state index >= 15 is 0 Å². The molecule has 0 aliphatic rings. The fraction of sp³-hybridized carbons (Fsp3) is 0.0645. The van der Waals surface area contributed by atoms with Gasteiger partial charge in [0.15, 0.2) is 11.5 Å². The van der Waals surface area contributed by atoms with Gasteiger partial charge in [-0.3, -0.25) is 15.1 Å². The first-order valence-corrected chi connectivity index (χ1v) is 12.8. The summed E-state index contributed by atoms with van der Waals surface area (Å²) >= 11 is 0. The second-order valence-corrected chi connectivity index (χ2v) is 9.51. The van der Waals surface area contributed by atoms with Gasteiger partial charge in [-0.1, -0.05) is 48.5 Å². The molecule has 0 fully saturated rings. The van der Waals surface area contributed by atoms with Crippen LogP contribution < -0.4 is 5.32 Å². The lowest BCUT2D eigenvalue weighted by atomic mass is 10.1. The van der Waals surface area contributed by atoms with Crippen LogP contribution in [0.4, 0.5) is 4.39 Å². The number of rotatable bonds is 7. The Hall–Kier alpha value is -5.28. The molecule has 0 saturated carbocycles. The molecule has 2 aromatic carbocycles. The SMILES string of the molecule is Fc1ccccc1-c1cncc2[nH]c(-c3n[nH]c4ncc(-c5cncc(CNCc6ccccc6)c5)cc34)nc12. The van der Waals surface area contributed by atoms with Gasteiger partial charge >= 0.3 is 0 Å². The third-order valence-electron chi connectivity index (χ3n) is 6.83. The molecule has 40 heavy (non-hydrogen) atoms. The summed E-state index contributed by atoms with van der Waals surface area (Å²) in [6.45, 7) is 1.47. The molecular formula is C31H23FN8. The summed E-state index contributed by atoms with van der Waals surface area (Å²) in [7, 11) is 0. The normalized spacial score (nSPS) is 11.4. The van der Waals surface area contributed by atoms with Crippen molar-refractivity contribution in [1.82, 2.24) is 40.4 Å². The number of halogens is 1. The van der Waals surface area contributed by atoms with E-state index in [1.165, 1.54) is 11.6 Å². The van der Waals surface area contributed by atoms with E-state index in [0.29, 0.717) is 45.9 Å². The average molecular weight is 527 g/mol. The van der Waals surface area contributed by atoms with Crippen molar-refractivity contribution in [3.8, 4) is 33.8 Å². The molecule has 0 amide bonds. The number of fused-ring (bicyclic) bond motifs is 2. The number of aromatic amines is 2. The van der Waals surface area contributed by atoms with Crippen molar-refractivity contribution in [1.29, 1.82) is 0 Å². The minimum absolute atomic E-state index is 0.327. The summed E-state index contributed by atoms with van der Waals surface area (Å²) in [5.41, 5.74) is 7.80. The van der Waals surface area contributed by atoms with Crippen LogP contribution in [0.3, 0.4) is 0 Å². The van der Waals surface area contributed by atoms with E-state index in [1.807, 2.05) is 36.7 Å². The summed E-state index contributed by atoms with van der Waals surface area (Å²) in [5.74, 6) is 0.217. The molecule has 0 aliphatic carbocycles. The van der Waals surface area contributed by atoms with Crippen molar-refractivity contribution in [3.63, 3.8) is 0 Å². The van der Waals surface area contributed by atoms with Crippen LogP contribution in [0.25, 0.3) is 55.8 Å². The maximum Gasteiger partial charge on any atom is 0.159 e. The number of imidazole rings is 1. The molecule has 0 bridgehead atoms. The van der Waals surface area contributed by atoms with Gasteiger partial charge in [0, 0.05) is 60.1 Å². The predicted octanol–water partition coefficient (Wildman–Crippen LogP) is 6.05. The zero-order valence-corrected chi connectivity index (χ0v) is 21.3. The van der Waals surface area contributed by atoms with Crippen LogP contribution in [0.2, 0.25) is 0 Å². The Morgan fingerprint density at radius 3 is 2.45 bits per heavy atom. The Morgan fingerprint density at radius 1 is 0.750 bits per heavy atom. The molecule has 0 aliphatic heterocycles. The maximum absolute atomic E-state index is 14.6. The number of hydrogen-bond donors (Lipinski definition) is 3. The Labute approximate surface area is 228 Å². The molecule has 0 saturated heterocycles. The van der Waals surface area contributed by atoms with Gasteiger partial charge in [0.1, 0.15) is 17.0 Å². The molecule has 5 aromatic heterocycles. The predicted molar refractivity (Wildman–Crippen MR) is 152 cm³/mol. The molecule has 0 radical (unpaired) electrons. The molecule has 0 atom stereocenters. The first-order valence-electron chi connectivity index (χ1n) is 12.8. The van der Waals surface area contributed by atoms with Gasteiger partial charge in [-0.2, -0.15) is 5.10 Å². The third-order valence-corrected chi connectivity index (χ3v) is 6.83. The second-order valence-electron chi connectivity index (χ2n) is 9.51. The number of pyridine rings is 3. The minimum atomic E-state index is -0.327. The second kappa shape index (κ2) is 10.1. The molecule has 5 heterocycles. The van der Waals surface area contributed by atoms with Gasteiger partial charge < -0.3 is 10.3 Å². The van der Waals surface area contributed by atoms with Crippen LogP contribution in [-0.4, -0.2) is 35.1 Å². The average Bonchev–Trinajstić information content (AvgIpc) is 3.62. The molecule has 7 aromatic rings. The van der Waals surface area contributed by atoms with Gasteiger partial charge in [-0.15, -0.1) is 0 Å². The standard InChI is InChI=1S/C31H23FN8/c32-26-9-5-4-8-23(26)25-17-35-18-27-28(25)38-31(37-27)29-24-11-22(16-36-30(24)40-39-29)21-10-20(14-34-15-21)13-33-12-19-6-2-1-3-7-19/h1-11,14-18,33H,12-13H2,(H,37,38)(H,36,39,40). The largest absolute Gasteiger partial charge is 0.335 e. The highest BCUT2D eigenvalue weighted by Gasteiger charge is 2.18. The Kier molecular flexibility index (Phi) is 6.02. The van der Waals surface area contributed by atoms with Crippen LogP contribution in [-0.2, 0) is 13.1 Å². The topological polar surface area (TPSA) is 108 Å². The Bertz CT molecular complexity index is 1960. The molecular weight excluding hydrogens is 503 g/mol. The van der Waals surface area contributed by atoms with Crippen LogP contribution in [0.15, 0.2) is 97.7 Å². The highest BCUT2D eigenvalue weighted by molar-refractivity contribution is 5.96. The summed E-state index contributed by atoms with van der Waals surface area (Å²) in [5, 5.41) is 11.8.